The number of allylic oxidation sites excluding steroid dienone is 1. The van der Waals surface area contributed by atoms with E-state index in [9.17, 15) is 19.8 Å². The van der Waals surface area contributed by atoms with Gasteiger partial charge in [0.25, 0.3) is 0 Å². The maximum atomic E-state index is 12.6. The molecule has 23 heavy (non-hydrogen) atoms. The van der Waals surface area contributed by atoms with E-state index in [0.717, 1.165) is 12.0 Å². The Bertz CT molecular complexity index is 671. The van der Waals surface area contributed by atoms with Crippen LogP contribution in [0.1, 0.15) is 39.0 Å². The number of aliphatic hydroxyl groups excluding tert-OH is 1. The number of Topliss-reactive ketones (excluding diaryl/α,β-unsaturated/α-hetero) is 1. The van der Waals surface area contributed by atoms with Gasteiger partial charge in [0.1, 0.15) is 11.5 Å². The van der Waals surface area contributed by atoms with Gasteiger partial charge in [-0.1, -0.05) is 0 Å². The molecule has 0 amide bonds. The minimum Gasteiger partial charge on any atom is -0.504 e. The van der Waals surface area contributed by atoms with E-state index in [-0.39, 0.29) is 34.9 Å². The molecule has 2 N–H and O–H groups in total. The maximum absolute atomic E-state index is 12.6. The molecule has 3 aliphatic heterocycles. The topological polar surface area (TPSA) is 93.1 Å². The molecule has 0 aromatic carbocycles. The standard InChI is InChI=1S/C17H20O6/c1-15-13-11(23-14(15)20)6-8-9(2-3-10(18)12(8)19)16(13)4-5-17(15,21)22-7-16/h9,11,13,19,21H,2-7H2,1H3. The second kappa shape index (κ2) is 3.81. The summed E-state index contributed by atoms with van der Waals surface area (Å²) >= 11 is 0. The summed E-state index contributed by atoms with van der Waals surface area (Å²) in [7, 11) is 0. The first-order valence-corrected chi connectivity index (χ1v) is 8.36. The number of esters is 1. The normalized spacial score (nSPS) is 53.9. The van der Waals surface area contributed by atoms with Gasteiger partial charge in [0.05, 0.1) is 6.61 Å². The summed E-state index contributed by atoms with van der Waals surface area (Å²) in [5.41, 5.74) is -0.662. The molecule has 6 atom stereocenters. The van der Waals surface area contributed by atoms with Gasteiger partial charge >= 0.3 is 5.97 Å². The van der Waals surface area contributed by atoms with Gasteiger partial charge in [-0.15, -0.1) is 0 Å². The van der Waals surface area contributed by atoms with E-state index < -0.39 is 17.2 Å². The minimum atomic E-state index is -1.46. The van der Waals surface area contributed by atoms with Crippen molar-refractivity contribution < 1.29 is 29.3 Å². The number of carbonyl (C=O) groups excluding carboxylic acids is 2. The number of ketones is 1. The van der Waals surface area contributed by atoms with Gasteiger partial charge in [-0.2, -0.15) is 0 Å². The molecule has 124 valence electrons. The van der Waals surface area contributed by atoms with Crippen LogP contribution in [0.2, 0.25) is 0 Å². The van der Waals surface area contributed by atoms with Gasteiger partial charge in [-0.3, -0.25) is 9.59 Å². The van der Waals surface area contributed by atoms with Crippen molar-refractivity contribution >= 4 is 11.8 Å². The molecule has 6 nitrogen and oxygen atoms in total. The second-order valence-corrected chi connectivity index (χ2v) is 8.02. The Labute approximate surface area is 133 Å². The summed E-state index contributed by atoms with van der Waals surface area (Å²) in [6, 6.07) is 0. The summed E-state index contributed by atoms with van der Waals surface area (Å²) in [6.07, 6.45) is 2.13. The molecule has 3 saturated heterocycles. The van der Waals surface area contributed by atoms with E-state index in [4.69, 9.17) is 9.47 Å². The van der Waals surface area contributed by atoms with E-state index in [1.807, 2.05) is 0 Å². The predicted octanol–water partition coefficient (Wildman–Crippen LogP) is 1.23. The first-order chi connectivity index (χ1) is 10.8. The number of rotatable bonds is 0. The van der Waals surface area contributed by atoms with Crippen LogP contribution >= 0.6 is 0 Å². The average molecular weight is 320 g/mol. The van der Waals surface area contributed by atoms with Gasteiger partial charge in [0.15, 0.2) is 17.3 Å². The molecule has 6 rings (SSSR count). The third-order valence-electron chi connectivity index (χ3n) is 7.38. The van der Waals surface area contributed by atoms with Gasteiger partial charge < -0.3 is 19.7 Å². The van der Waals surface area contributed by atoms with Crippen LogP contribution in [0.4, 0.5) is 0 Å². The maximum Gasteiger partial charge on any atom is 0.318 e. The second-order valence-electron chi connectivity index (χ2n) is 8.02. The van der Waals surface area contributed by atoms with E-state index >= 15 is 0 Å². The zero-order valence-electron chi connectivity index (χ0n) is 13.0. The Kier molecular flexibility index (Phi) is 2.31. The highest BCUT2D eigenvalue weighted by Gasteiger charge is 2.79. The van der Waals surface area contributed by atoms with E-state index in [2.05, 4.69) is 0 Å². The molecule has 6 heteroatoms. The fraction of sp³-hybridized carbons (Fsp3) is 0.765. The lowest BCUT2D eigenvalue weighted by molar-refractivity contribution is -0.369. The van der Waals surface area contributed by atoms with Crippen LogP contribution in [0.15, 0.2) is 11.3 Å². The summed E-state index contributed by atoms with van der Waals surface area (Å²) in [5, 5.41) is 21.2. The smallest absolute Gasteiger partial charge is 0.318 e. The van der Waals surface area contributed by atoms with Crippen molar-refractivity contribution in [1.82, 2.24) is 0 Å². The lowest BCUT2D eigenvalue weighted by atomic mass is 9.42. The SMILES string of the molecule is CC12C(=O)OC3CC4=C(O)C(=O)CCC4C4(CCC1(O)OC4)C32. The fourth-order valence-electron chi connectivity index (χ4n) is 6.28. The molecule has 0 radical (unpaired) electrons. The van der Waals surface area contributed by atoms with Crippen molar-refractivity contribution in [3.63, 3.8) is 0 Å². The molecule has 1 spiro atoms. The van der Waals surface area contributed by atoms with Gasteiger partial charge in [-0.05, 0) is 31.3 Å². The number of ether oxygens (including phenoxy) is 2. The zero-order chi connectivity index (χ0) is 16.2. The van der Waals surface area contributed by atoms with E-state index in [0.29, 0.717) is 32.3 Å². The van der Waals surface area contributed by atoms with Crippen LogP contribution in [0.25, 0.3) is 0 Å². The van der Waals surface area contributed by atoms with Crippen molar-refractivity contribution in [2.24, 2.45) is 22.7 Å². The molecule has 6 aliphatic rings. The molecule has 3 heterocycles. The largest absolute Gasteiger partial charge is 0.504 e. The monoisotopic (exact) mass is 320 g/mol. The highest BCUT2D eigenvalue weighted by Crippen LogP contribution is 2.72. The van der Waals surface area contributed by atoms with Crippen molar-refractivity contribution in [3.8, 4) is 0 Å². The quantitative estimate of drug-likeness (QED) is 0.652. The zero-order valence-corrected chi connectivity index (χ0v) is 13.0. The number of hydrogen-bond donors (Lipinski definition) is 2. The molecule has 0 aromatic rings. The summed E-state index contributed by atoms with van der Waals surface area (Å²) in [5.74, 6) is -2.32. The van der Waals surface area contributed by atoms with Crippen molar-refractivity contribution in [2.75, 3.05) is 6.61 Å². The molecule has 6 unspecified atom stereocenters. The van der Waals surface area contributed by atoms with Crippen LogP contribution in [0.3, 0.4) is 0 Å². The van der Waals surface area contributed by atoms with Gasteiger partial charge in [0, 0.05) is 30.6 Å². The predicted molar refractivity (Wildman–Crippen MR) is 76.0 cm³/mol. The molecular weight excluding hydrogens is 300 g/mol. The first kappa shape index (κ1) is 14.0. The Morgan fingerprint density at radius 3 is 2.74 bits per heavy atom. The number of fused-ring (bicyclic) bond motifs is 3. The van der Waals surface area contributed by atoms with Crippen LogP contribution < -0.4 is 0 Å². The number of carbonyl (C=O) groups is 2. The minimum absolute atomic E-state index is 0.0279. The first-order valence-electron chi connectivity index (χ1n) is 8.36. The van der Waals surface area contributed by atoms with Crippen LogP contribution in [0.5, 0.6) is 0 Å². The molecule has 2 saturated carbocycles. The van der Waals surface area contributed by atoms with Crippen LogP contribution in [-0.4, -0.2) is 40.5 Å². The molecule has 3 aliphatic carbocycles. The van der Waals surface area contributed by atoms with Crippen molar-refractivity contribution in [2.45, 2.75) is 50.9 Å². The fourth-order valence-corrected chi connectivity index (χ4v) is 6.28. The van der Waals surface area contributed by atoms with E-state index in [1.54, 1.807) is 6.92 Å². The summed E-state index contributed by atoms with van der Waals surface area (Å²) < 4.78 is 11.4. The Hall–Kier alpha value is -1.40. The average Bonchev–Trinajstić information content (AvgIpc) is 2.80. The molecular formula is C17H20O6. The summed E-state index contributed by atoms with van der Waals surface area (Å²) in [6.45, 7) is 2.11. The highest BCUT2D eigenvalue weighted by molar-refractivity contribution is 5.95. The lowest BCUT2D eigenvalue weighted by Crippen LogP contribution is -2.72. The van der Waals surface area contributed by atoms with Crippen molar-refractivity contribution in [1.29, 1.82) is 0 Å². The van der Waals surface area contributed by atoms with Gasteiger partial charge in [-0.25, -0.2) is 0 Å². The van der Waals surface area contributed by atoms with Crippen LogP contribution in [-0.2, 0) is 19.1 Å². The highest BCUT2D eigenvalue weighted by atomic mass is 16.6. The Balaban J connectivity index is 1.73. The van der Waals surface area contributed by atoms with E-state index in [1.165, 1.54) is 0 Å². The molecule has 5 fully saturated rings. The third kappa shape index (κ3) is 1.28. The summed E-state index contributed by atoms with van der Waals surface area (Å²) in [4.78, 5) is 24.5. The molecule has 0 aromatic heterocycles. The Morgan fingerprint density at radius 1 is 1.26 bits per heavy atom. The Morgan fingerprint density at radius 2 is 2.04 bits per heavy atom. The third-order valence-corrected chi connectivity index (χ3v) is 7.38. The van der Waals surface area contributed by atoms with Crippen LogP contribution in [0, 0.1) is 22.7 Å². The van der Waals surface area contributed by atoms with Crippen molar-refractivity contribution in [3.05, 3.63) is 11.3 Å². The number of aliphatic hydroxyl groups is 2. The van der Waals surface area contributed by atoms with Gasteiger partial charge in [0.2, 0.25) is 0 Å². The molecule has 2 bridgehead atoms. The lowest BCUT2D eigenvalue weighted by Gasteiger charge is -2.65. The number of hydrogen-bond acceptors (Lipinski definition) is 6.